The van der Waals surface area contributed by atoms with E-state index in [1.807, 2.05) is 43.9 Å². The molecule has 1 fully saturated rings. The molecule has 3 aromatic heterocycles. The number of benzene rings is 1. The Bertz CT molecular complexity index is 1840. The van der Waals surface area contributed by atoms with Crippen molar-refractivity contribution in [3.05, 3.63) is 92.1 Å². The van der Waals surface area contributed by atoms with Gasteiger partial charge in [0, 0.05) is 43.1 Å². The van der Waals surface area contributed by atoms with Gasteiger partial charge in [0.15, 0.2) is 17.1 Å². The number of hydrogen-bond acceptors (Lipinski definition) is 9. The number of halogens is 1. The lowest BCUT2D eigenvalue weighted by Gasteiger charge is -2.42. The topological polar surface area (TPSA) is 151 Å². The fourth-order valence-electron chi connectivity index (χ4n) is 5.30. The molecule has 1 aliphatic rings. The van der Waals surface area contributed by atoms with E-state index in [9.17, 15) is 20.0 Å². The van der Waals surface area contributed by atoms with Crippen molar-refractivity contribution >= 4 is 40.4 Å². The van der Waals surface area contributed by atoms with Gasteiger partial charge in [-0.05, 0) is 68.8 Å². The first-order chi connectivity index (χ1) is 20.1. The predicted molar refractivity (Wildman–Crippen MR) is 159 cm³/mol. The number of nitrogens with zero attached hydrogens (tertiary/aromatic N) is 7. The minimum Gasteiger partial charge on any atom is -0.476 e. The van der Waals surface area contributed by atoms with E-state index in [4.69, 9.17) is 21.8 Å². The van der Waals surface area contributed by atoms with Crippen LogP contribution in [-0.4, -0.2) is 51.1 Å². The van der Waals surface area contributed by atoms with Crippen LogP contribution in [0.4, 0.5) is 17.2 Å². The van der Waals surface area contributed by atoms with E-state index in [0.717, 1.165) is 11.3 Å². The van der Waals surface area contributed by atoms with E-state index in [2.05, 4.69) is 27.3 Å². The fourth-order valence-corrected chi connectivity index (χ4v) is 5.45. The Hall–Kier alpha value is -5.13. The van der Waals surface area contributed by atoms with Gasteiger partial charge in [-0.1, -0.05) is 11.6 Å². The fraction of sp³-hybridized carbons (Fsp3) is 0.267. The summed E-state index contributed by atoms with van der Waals surface area (Å²) in [5.74, 6) is -0.920. The number of aryl methyl sites for hydroxylation is 1. The van der Waals surface area contributed by atoms with Gasteiger partial charge in [-0.15, -0.1) is 0 Å². The van der Waals surface area contributed by atoms with Crippen LogP contribution in [0.25, 0.3) is 5.65 Å². The van der Waals surface area contributed by atoms with Crippen LogP contribution >= 0.6 is 11.6 Å². The van der Waals surface area contributed by atoms with E-state index in [1.165, 1.54) is 10.5 Å². The number of carboxylic acid groups (broad SMARTS) is 1. The van der Waals surface area contributed by atoms with Gasteiger partial charge in [0.2, 0.25) is 0 Å². The minimum atomic E-state index is -1.23. The molecule has 0 radical (unpaired) electrons. The van der Waals surface area contributed by atoms with Gasteiger partial charge < -0.3 is 20.2 Å². The lowest BCUT2D eigenvalue weighted by atomic mass is 10.1. The minimum absolute atomic E-state index is 0.0431. The number of rotatable bonds is 6. The average Bonchev–Trinajstić information content (AvgIpc) is 2.97. The number of aromatic nitrogens is 3. The molecule has 4 heterocycles. The molecule has 0 bridgehead atoms. The zero-order valence-electron chi connectivity index (χ0n) is 23.2. The van der Waals surface area contributed by atoms with Crippen LogP contribution in [0.3, 0.4) is 0 Å². The van der Waals surface area contributed by atoms with Crippen molar-refractivity contribution in [3.63, 3.8) is 0 Å². The third-order valence-corrected chi connectivity index (χ3v) is 7.56. The number of hydrogen-bond donors (Lipinski definition) is 2. The Balaban J connectivity index is 1.54. The SMILES string of the molecule is Cc1cc([C@@H](C)Nc2ccc(Cl)nc2C(=O)O)c2nc(N3CCN(c4ccc(C#N)cc4)CC3C)c(C#N)c(=O)n2c1. The van der Waals surface area contributed by atoms with Crippen molar-refractivity contribution in [2.24, 2.45) is 0 Å². The highest BCUT2D eigenvalue weighted by Gasteiger charge is 2.29. The summed E-state index contributed by atoms with van der Waals surface area (Å²) in [6, 6.07) is 15.9. The number of pyridine rings is 2. The van der Waals surface area contributed by atoms with Crippen LogP contribution in [0, 0.1) is 29.6 Å². The predicted octanol–water partition coefficient (Wildman–Crippen LogP) is 4.38. The van der Waals surface area contributed by atoms with Crippen LogP contribution in [0.5, 0.6) is 0 Å². The molecule has 2 atom stereocenters. The summed E-state index contributed by atoms with van der Waals surface area (Å²) in [6.45, 7) is 7.45. The van der Waals surface area contributed by atoms with Crippen molar-refractivity contribution in [2.45, 2.75) is 32.9 Å². The summed E-state index contributed by atoms with van der Waals surface area (Å²) in [6.07, 6.45) is 1.64. The first-order valence-corrected chi connectivity index (χ1v) is 13.6. The summed E-state index contributed by atoms with van der Waals surface area (Å²) in [5, 5.41) is 32.0. The number of aromatic carboxylic acids is 1. The molecule has 42 heavy (non-hydrogen) atoms. The standard InChI is InChI=1S/C30H27ClN8O3/c1-17-12-22(19(3)34-24-8-9-25(31)35-26(24)30(41)42)27-36-28(23(14-33)29(40)39(27)15-17)38-11-10-37(16-18(38)2)21-6-4-20(13-32)5-7-21/h4-9,12,15,18-19,34H,10-11,16H2,1-3H3,(H,41,42)/t18?,19-/m1/s1. The van der Waals surface area contributed by atoms with Gasteiger partial charge in [0.1, 0.15) is 16.9 Å². The first kappa shape index (κ1) is 28.4. The third kappa shape index (κ3) is 5.30. The normalized spacial score (nSPS) is 15.6. The number of fused-ring (bicyclic) bond motifs is 1. The number of nitriles is 2. The summed E-state index contributed by atoms with van der Waals surface area (Å²) in [7, 11) is 0. The summed E-state index contributed by atoms with van der Waals surface area (Å²) < 4.78 is 1.38. The molecule has 1 saturated heterocycles. The molecule has 4 aromatic rings. The van der Waals surface area contributed by atoms with Crippen molar-refractivity contribution in [1.82, 2.24) is 14.4 Å². The van der Waals surface area contributed by atoms with Gasteiger partial charge >= 0.3 is 5.97 Å². The lowest BCUT2D eigenvalue weighted by Crippen LogP contribution is -2.53. The first-order valence-electron chi connectivity index (χ1n) is 13.3. The zero-order chi connectivity index (χ0) is 30.1. The van der Waals surface area contributed by atoms with E-state index < -0.39 is 17.6 Å². The van der Waals surface area contributed by atoms with E-state index in [0.29, 0.717) is 42.2 Å². The molecule has 1 aromatic carbocycles. The molecular weight excluding hydrogens is 556 g/mol. The maximum atomic E-state index is 13.7. The Morgan fingerprint density at radius 3 is 2.52 bits per heavy atom. The molecule has 1 unspecified atom stereocenters. The largest absolute Gasteiger partial charge is 0.476 e. The quantitative estimate of drug-likeness (QED) is 0.313. The van der Waals surface area contributed by atoms with Crippen LogP contribution in [0.1, 0.15) is 52.6 Å². The molecule has 1 aliphatic heterocycles. The highest BCUT2D eigenvalue weighted by molar-refractivity contribution is 6.29. The Morgan fingerprint density at radius 2 is 1.88 bits per heavy atom. The molecule has 11 nitrogen and oxygen atoms in total. The van der Waals surface area contributed by atoms with Crippen molar-refractivity contribution in [2.75, 3.05) is 34.8 Å². The van der Waals surface area contributed by atoms with Crippen LogP contribution in [0.15, 0.2) is 53.5 Å². The monoisotopic (exact) mass is 582 g/mol. The van der Waals surface area contributed by atoms with Crippen LogP contribution < -0.4 is 20.7 Å². The van der Waals surface area contributed by atoms with Crippen molar-refractivity contribution in [3.8, 4) is 12.1 Å². The molecule has 0 saturated carbocycles. The van der Waals surface area contributed by atoms with Gasteiger partial charge in [-0.25, -0.2) is 14.8 Å². The average molecular weight is 583 g/mol. The van der Waals surface area contributed by atoms with Crippen molar-refractivity contribution in [1.29, 1.82) is 10.5 Å². The smallest absolute Gasteiger partial charge is 0.356 e. The maximum Gasteiger partial charge on any atom is 0.356 e. The summed E-state index contributed by atoms with van der Waals surface area (Å²) >= 11 is 5.92. The number of carbonyl (C=O) groups is 1. The zero-order valence-corrected chi connectivity index (χ0v) is 23.9. The molecule has 2 N–H and O–H groups in total. The number of anilines is 3. The molecule has 212 valence electrons. The lowest BCUT2D eigenvalue weighted by molar-refractivity contribution is 0.0691. The molecular formula is C30H27ClN8O3. The van der Waals surface area contributed by atoms with Gasteiger partial charge in [0.05, 0.1) is 23.4 Å². The van der Waals surface area contributed by atoms with E-state index in [1.54, 1.807) is 24.4 Å². The second-order valence-electron chi connectivity index (χ2n) is 10.2. The Morgan fingerprint density at radius 1 is 1.14 bits per heavy atom. The van der Waals surface area contributed by atoms with Gasteiger partial charge in [-0.3, -0.25) is 9.20 Å². The summed E-state index contributed by atoms with van der Waals surface area (Å²) in [5.41, 5.74) is 2.88. The number of nitrogens with one attached hydrogen (secondary N) is 1. The van der Waals surface area contributed by atoms with Crippen molar-refractivity contribution < 1.29 is 9.90 Å². The number of piperazine rings is 1. The molecule has 12 heteroatoms. The van der Waals surface area contributed by atoms with Gasteiger partial charge in [0.25, 0.3) is 5.56 Å². The second kappa shape index (κ2) is 11.4. The van der Waals surface area contributed by atoms with Gasteiger partial charge in [-0.2, -0.15) is 10.5 Å². The summed E-state index contributed by atoms with van der Waals surface area (Å²) in [4.78, 5) is 38.5. The van der Waals surface area contributed by atoms with E-state index >= 15 is 0 Å². The highest BCUT2D eigenvalue weighted by atomic mass is 35.5. The maximum absolute atomic E-state index is 13.7. The Kier molecular flexibility index (Phi) is 7.70. The van der Waals surface area contributed by atoms with Crippen LogP contribution in [0.2, 0.25) is 5.15 Å². The molecule has 0 aliphatic carbocycles. The molecule has 5 rings (SSSR count). The third-order valence-electron chi connectivity index (χ3n) is 7.35. The molecule has 0 amide bonds. The van der Waals surface area contributed by atoms with Crippen LogP contribution in [-0.2, 0) is 0 Å². The van der Waals surface area contributed by atoms with E-state index in [-0.39, 0.29) is 28.1 Å². The number of carboxylic acids is 1. The second-order valence-corrected chi connectivity index (χ2v) is 10.6. The molecule has 0 spiro atoms. The Labute approximate surface area is 246 Å². The highest BCUT2D eigenvalue weighted by Crippen LogP contribution is 2.29.